The normalized spacial score (nSPS) is 21.5. The van der Waals surface area contributed by atoms with Crippen molar-refractivity contribution in [2.75, 3.05) is 11.9 Å². The number of fused-ring (bicyclic) bond motifs is 3. The van der Waals surface area contributed by atoms with Gasteiger partial charge in [0.05, 0.1) is 11.6 Å². The fourth-order valence-electron chi connectivity index (χ4n) is 6.16. The molecule has 0 radical (unpaired) electrons. The highest BCUT2D eigenvalue weighted by Crippen LogP contribution is 2.41. The lowest BCUT2D eigenvalue weighted by Crippen LogP contribution is -2.34. The molecular formula is C31H37N5OS. The van der Waals surface area contributed by atoms with E-state index in [9.17, 15) is 0 Å². The minimum Gasteiger partial charge on any atom is -0.455 e. The molecule has 1 fully saturated rings. The molecule has 0 bridgehead atoms. The van der Waals surface area contributed by atoms with E-state index in [0.29, 0.717) is 0 Å². The first-order valence-corrected chi connectivity index (χ1v) is 14.8. The molecule has 3 aromatic heterocycles. The van der Waals surface area contributed by atoms with Gasteiger partial charge in [-0.15, -0.1) is 11.3 Å². The molecule has 3 atom stereocenters. The quantitative estimate of drug-likeness (QED) is 0.267. The van der Waals surface area contributed by atoms with Gasteiger partial charge in [0, 0.05) is 28.3 Å². The zero-order chi connectivity index (χ0) is 26.2. The van der Waals surface area contributed by atoms with Crippen LogP contribution in [0, 0.1) is 19.8 Å². The Balaban J connectivity index is 1.17. The van der Waals surface area contributed by atoms with Gasteiger partial charge in [0.1, 0.15) is 28.5 Å². The first kappa shape index (κ1) is 25.3. The Labute approximate surface area is 229 Å². The summed E-state index contributed by atoms with van der Waals surface area (Å²) >= 11 is 1.86. The number of aromatic nitrogens is 3. The van der Waals surface area contributed by atoms with E-state index in [0.717, 1.165) is 63.5 Å². The van der Waals surface area contributed by atoms with Crippen LogP contribution in [0.2, 0.25) is 0 Å². The second-order valence-electron chi connectivity index (χ2n) is 11.2. The number of benzene rings is 1. The number of thiophene rings is 1. The number of ether oxygens (including phenoxy) is 1. The smallest absolute Gasteiger partial charge is 0.145 e. The van der Waals surface area contributed by atoms with Crippen LogP contribution in [0.15, 0.2) is 42.9 Å². The number of anilines is 2. The molecule has 38 heavy (non-hydrogen) atoms. The lowest BCUT2D eigenvalue weighted by Gasteiger charge is -2.29. The third-order valence-corrected chi connectivity index (χ3v) is 9.59. The van der Waals surface area contributed by atoms with E-state index in [-0.39, 0.29) is 0 Å². The van der Waals surface area contributed by atoms with Gasteiger partial charge in [0.25, 0.3) is 0 Å². The van der Waals surface area contributed by atoms with Gasteiger partial charge in [-0.05, 0) is 120 Å². The van der Waals surface area contributed by atoms with Crippen LogP contribution in [0.3, 0.4) is 0 Å². The van der Waals surface area contributed by atoms with Crippen LogP contribution in [-0.2, 0) is 12.8 Å². The monoisotopic (exact) mass is 527 g/mol. The van der Waals surface area contributed by atoms with E-state index in [1.165, 1.54) is 54.5 Å². The Morgan fingerprint density at radius 1 is 1.03 bits per heavy atom. The van der Waals surface area contributed by atoms with E-state index < -0.39 is 0 Å². The number of pyridine rings is 1. The molecule has 198 valence electrons. The number of hydrogen-bond acceptors (Lipinski definition) is 7. The zero-order valence-corrected chi connectivity index (χ0v) is 23.6. The molecule has 1 aromatic carbocycles. The second-order valence-corrected chi connectivity index (χ2v) is 12.2. The first-order chi connectivity index (χ1) is 18.4. The molecule has 7 heteroatoms. The van der Waals surface area contributed by atoms with E-state index in [1.54, 1.807) is 12.5 Å². The maximum Gasteiger partial charge on any atom is 0.145 e. The Morgan fingerprint density at radius 2 is 1.87 bits per heavy atom. The molecule has 1 saturated heterocycles. The van der Waals surface area contributed by atoms with Crippen LogP contribution in [0.5, 0.6) is 11.5 Å². The van der Waals surface area contributed by atoms with E-state index in [1.807, 2.05) is 42.5 Å². The summed E-state index contributed by atoms with van der Waals surface area (Å²) in [6.07, 6.45) is 11.0. The third kappa shape index (κ3) is 5.14. The summed E-state index contributed by atoms with van der Waals surface area (Å²) in [5.74, 6) is 3.23. The van der Waals surface area contributed by atoms with Gasteiger partial charge in [-0.1, -0.05) is 0 Å². The Bertz CT molecular complexity index is 1420. The average Bonchev–Trinajstić information content (AvgIpc) is 3.44. The van der Waals surface area contributed by atoms with Crippen LogP contribution >= 0.6 is 11.3 Å². The summed E-state index contributed by atoms with van der Waals surface area (Å²) in [6, 6.07) is 11.5. The zero-order valence-electron chi connectivity index (χ0n) is 22.8. The van der Waals surface area contributed by atoms with Crippen molar-refractivity contribution in [1.82, 2.24) is 19.9 Å². The summed E-state index contributed by atoms with van der Waals surface area (Å²) in [4.78, 5) is 19.0. The van der Waals surface area contributed by atoms with Crippen molar-refractivity contribution in [1.29, 1.82) is 0 Å². The summed E-state index contributed by atoms with van der Waals surface area (Å²) in [6.45, 7) is 10.1. The molecule has 3 unspecified atom stereocenters. The van der Waals surface area contributed by atoms with Gasteiger partial charge in [-0.3, -0.25) is 9.88 Å². The molecule has 0 spiro atoms. The maximum atomic E-state index is 6.06. The molecule has 6 nitrogen and oxygen atoms in total. The number of aryl methyl sites for hydroxylation is 3. The lowest BCUT2D eigenvalue weighted by atomic mass is 9.85. The number of hydrogen-bond donors (Lipinski definition) is 1. The van der Waals surface area contributed by atoms with Crippen molar-refractivity contribution in [3.8, 4) is 11.5 Å². The number of rotatable bonds is 7. The summed E-state index contributed by atoms with van der Waals surface area (Å²) in [7, 11) is 0. The average molecular weight is 528 g/mol. The number of nitrogens with one attached hydrogen (secondary N) is 1. The standard InChI is InChI=1S/C31H37N5OS/c1-19-15-24(9-12-27(19)37-25-10-5-20(2)32-17-25)35-30-29-26-11-8-23(13-14-36-21(3)6-7-22(36)4)16-28(26)38-31(29)34-18-33-30/h5,9-10,12,15,17-18,21-23H,6-8,11,13-14,16H2,1-4H3,(H,33,34,35). The highest BCUT2D eigenvalue weighted by atomic mass is 32.1. The molecule has 4 heterocycles. The van der Waals surface area contributed by atoms with Crippen molar-refractivity contribution in [2.45, 2.75) is 78.3 Å². The largest absolute Gasteiger partial charge is 0.455 e. The van der Waals surface area contributed by atoms with Gasteiger partial charge in [0.2, 0.25) is 0 Å². The second kappa shape index (κ2) is 10.6. The maximum absolute atomic E-state index is 6.06. The van der Waals surface area contributed by atoms with Crippen molar-refractivity contribution in [3.63, 3.8) is 0 Å². The van der Waals surface area contributed by atoms with Crippen molar-refractivity contribution < 1.29 is 4.74 Å². The number of likely N-dealkylation sites (tertiary alicyclic amines) is 1. The Morgan fingerprint density at radius 3 is 2.63 bits per heavy atom. The molecule has 0 amide bonds. The number of nitrogens with zero attached hydrogens (tertiary/aromatic N) is 4. The highest BCUT2D eigenvalue weighted by Gasteiger charge is 2.29. The SMILES string of the molecule is Cc1ccc(Oc2ccc(Nc3ncnc4sc5c(c34)CCC(CCN3C(C)CCC3C)C5)cc2C)cn1. The third-order valence-electron chi connectivity index (χ3n) is 8.43. The van der Waals surface area contributed by atoms with Gasteiger partial charge < -0.3 is 10.1 Å². The highest BCUT2D eigenvalue weighted by molar-refractivity contribution is 7.19. The van der Waals surface area contributed by atoms with Gasteiger partial charge in [-0.25, -0.2) is 9.97 Å². The summed E-state index contributed by atoms with van der Waals surface area (Å²) < 4.78 is 6.06. The van der Waals surface area contributed by atoms with Crippen LogP contribution in [0.1, 0.15) is 61.2 Å². The fourth-order valence-corrected chi connectivity index (χ4v) is 7.46. The van der Waals surface area contributed by atoms with Crippen LogP contribution < -0.4 is 10.1 Å². The summed E-state index contributed by atoms with van der Waals surface area (Å²) in [5, 5.41) is 4.79. The Kier molecular flexibility index (Phi) is 7.06. The van der Waals surface area contributed by atoms with Crippen LogP contribution in [0.25, 0.3) is 10.2 Å². The van der Waals surface area contributed by atoms with Crippen LogP contribution in [-0.4, -0.2) is 38.5 Å². The van der Waals surface area contributed by atoms with Gasteiger partial charge >= 0.3 is 0 Å². The van der Waals surface area contributed by atoms with E-state index >= 15 is 0 Å². The van der Waals surface area contributed by atoms with Gasteiger partial charge in [-0.2, -0.15) is 0 Å². The van der Waals surface area contributed by atoms with Crippen LogP contribution in [0.4, 0.5) is 11.5 Å². The topological polar surface area (TPSA) is 63.2 Å². The minimum atomic E-state index is 0.737. The first-order valence-electron chi connectivity index (χ1n) is 13.9. The molecule has 0 saturated carbocycles. The Hall–Kier alpha value is -3.03. The van der Waals surface area contributed by atoms with Gasteiger partial charge in [0.15, 0.2) is 0 Å². The minimum absolute atomic E-state index is 0.737. The molecule has 1 aliphatic heterocycles. The van der Waals surface area contributed by atoms with Crippen molar-refractivity contribution in [2.24, 2.45) is 5.92 Å². The lowest BCUT2D eigenvalue weighted by molar-refractivity contribution is 0.194. The van der Waals surface area contributed by atoms with E-state index in [2.05, 4.69) is 52.0 Å². The molecule has 1 N–H and O–H groups in total. The summed E-state index contributed by atoms with van der Waals surface area (Å²) in [5.41, 5.74) is 4.48. The predicted octanol–water partition coefficient (Wildman–Crippen LogP) is 7.61. The molecular weight excluding hydrogens is 490 g/mol. The fraction of sp³-hybridized carbons (Fsp3) is 0.452. The molecule has 6 rings (SSSR count). The predicted molar refractivity (Wildman–Crippen MR) is 156 cm³/mol. The van der Waals surface area contributed by atoms with E-state index in [4.69, 9.17) is 4.74 Å². The molecule has 1 aliphatic carbocycles. The molecule has 2 aliphatic rings. The van der Waals surface area contributed by atoms with Crippen molar-refractivity contribution >= 4 is 33.1 Å². The molecule has 4 aromatic rings. The van der Waals surface area contributed by atoms with Crippen molar-refractivity contribution in [3.05, 3.63) is 64.6 Å².